The van der Waals surface area contributed by atoms with Crippen LogP contribution in [0.3, 0.4) is 0 Å². The Kier molecular flexibility index (Phi) is 5.60. The van der Waals surface area contributed by atoms with Crippen molar-refractivity contribution in [1.29, 1.82) is 0 Å². The highest BCUT2D eigenvalue weighted by atomic mass is 16.5. The van der Waals surface area contributed by atoms with Gasteiger partial charge in [-0.2, -0.15) is 0 Å². The quantitative estimate of drug-likeness (QED) is 0.832. The summed E-state index contributed by atoms with van der Waals surface area (Å²) in [7, 11) is 1.55. The van der Waals surface area contributed by atoms with Crippen LogP contribution in [0.4, 0.5) is 0 Å². The number of methoxy groups -OCH3 is 1. The lowest BCUT2D eigenvalue weighted by Crippen LogP contribution is -2.46. The Morgan fingerprint density at radius 2 is 2.17 bits per heavy atom. The molecule has 23 heavy (non-hydrogen) atoms. The van der Waals surface area contributed by atoms with E-state index in [4.69, 9.17) is 9.47 Å². The summed E-state index contributed by atoms with van der Waals surface area (Å²) in [6.07, 6.45) is 0.632. The van der Waals surface area contributed by atoms with Gasteiger partial charge in [-0.25, -0.2) is 4.79 Å². The fourth-order valence-electron chi connectivity index (χ4n) is 2.90. The Labute approximate surface area is 135 Å². The monoisotopic (exact) mass is 321 g/mol. The first kappa shape index (κ1) is 17.3. The van der Waals surface area contributed by atoms with Crippen LogP contribution in [0.5, 0.6) is 5.75 Å². The third-order valence-corrected chi connectivity index (χ3v) is 4.12. The minimum atomic E-state index is -1.05. The molecule has 1 aromatic carbocycles. The summed E-state index contributed by atoms with van der Waals surface area (Å²) >= 11 is 0. The molecule has 0 saturated carbocycles. The smallest absolute Gasteiger partial charge is 0.326 e. The van der Waals surface area contributed by atoms with E-state index in [1.807, 2.05) is 19.9 Å². The summed E-state index contributed by atoms with van der Waals surface area (Å²) in [5.41, 5.74) is 0.793. The summed E-state index contributed by atoms with van der Waals surface area (Å²) in [5, 5.41) is 12.0. The normalized spacial score (nSPS) is 24.9. The highest BCUT2D eigenvalue weighted by Crippen LogP contribution is 2.26. The number of aliphatic carboxylic acids is 1. The molecule has 0 aromatic heterocycles. The second-order valence-electron chi connectivity index (χ2n) is 5.95. The fourth-order valence-corrected chi connectivity index (χ4v) is 2.90. The van der Waals surface area contributed by atoms with E-state index in [1.165, 1.54) is 0 Å². The minimum Gasteiger partial charge on any atom is -0.497 e. The number of hydrogen-bond donors (Lipinski definition) is 2. The second kappa shape index (κ2) is 7.46. The molecule has 1 heterocycles. The van der Waals surface area contributed by atoms with Crippen molar-refractivity contribution in [3.8, 4) is 5.75 Å². The highest BCUT2D eigenvalue weighted by Gasteiger charge is 2.36. The number of benzene rings is 1. The van der Waals surface area contributed by atoms with E-state index in [0.29, 0.717) is 12.2 Å². The van der Waals surface area contributed by atoms with Crippen LogP contribution in [-0.4, -0.2) is 42.3 Å². The van der Waals surface area contributed by atoms with Gasteiger partial charge in [-0.15, -0.1) is 0 Å². The molecule has 6 heteroatoms. The maximum Gasteiger partial charge on any atom is 0.326 e. The third-order valence-electron chi connectivity index (χ3n) is 4.12. The lowest BCUT2D eigenvalue weighted by atomic mass is 9.98. The molecular formula is C17H23NO5. The van der Waals surface area contributed by atoms with Crippen LogP contribution in [0.1, 0.15) is 25.8 Å². The van der Waals surface area contributed by atoms with Gasteiger partial charge >= 0.3 is 5.97 Å². The molecule has 0 radical (unpaired) electrons. The van der Waals surface area contributed by atoms with Crippen LogP contribution < -0.4 is 10.1 Å². The second-order valence-corrected chi connectivity index (χ2v) is 5.95. The van der Waals surface area contributed by atoms with Crippen LogP contribution >= 0.6 is 0 Å². The van der Waals surface area contributed by atoms with Gasteiger partial charge in [0, 0.05) is 6.42 Å². The van der Waals surface area contributed by atoms with Crippen LogP contribution in [0.15, 0.2) is 24.3 Å². The number of carbonyl (C=O) groups excluding carboxylic acids is 1. The molecule has 1 saturated heterocycles. The number of rotatable bonds is 6. The van der Waals surface area contributed by atoms with Gasteiger partial charge < -0.3 is 19.9 Å². The van der Waals surface area contributed by atoms with E-state index in [1.54, 1.807) is 25.3 Å². The Balaban J connectivity index is 2.04. The first-order valence-corrected chi connectivity index (χ1v) is 7.72. The zero-order chi connectivity index (χ0) is 17.0. The molecule has 0 bridgehead atoms. The molecule has 1 amide bonds. The van der Waals surface area contributed by atoms with Gasteiger partial charge in [0.15, 0.2) is 0 Å². The van der Waals surface area contributed by atoms with Crippen molar-refractivity contribution in [1.82, 2.24) is 5.32 Å². The van der Waals surface area contributed by atoms with Gasteiger partial charge in [-0.05, 0) is 38.0 Å². The van der Waals surface area contributed by atoms with Crippen molar-refractivity contribution in [2.45, 2.75) is 44.9 Å². The number of ether oxygens (including phenoxy) is 2. The van der Waals surface area contributed by atoms with Gasteiger partial charge in [-0.1, -0.05) is 12.1 Å². The van der Waals surface area contributed by atoms with E-state index in [9.17, 15) is 14.7 Å². The summed E-state index contributed by atoms with van der Waals surface area (Å²) in [4.78, 5) is 23.8. The summed E-state index contributed by atoms with van der Waals surface area (Å²) < 4.78 is 10.7. The molecule has 4 unspecified atom stereocenters. The number of nitrogens with one attached hydrogen (secondary N) is 1. The van der Waals surface area contributed by atoms with E-state index in [0.717, 1.165) is 5.56 Å². The predicted molar refractivity (Wildman–Crippen MR) is 84.4 cm³/mol. The molecular weight excluding hydrogens is 298 g/mol. The van der Waals surface area contributed by atoms with Crippen molar-refractivity contribution < 1.29 is 24.2 Å². The molecule has 1 aromatic rings. The van der Waals surface area contributed by atoms with Gasteiger partial charge in [-0.3, -0.25) is 4.79 Å². The Bertz CT molecular complexity index is 574. The highest BCUT2D eigenvalue weighted by molar-refractivity contribution is 5.85. The zero-order valence-electron chi connectivity index (χ0n) is 13.6. The molecule has 0 spiro atoms. The van der Waals surface area contributed by atoms with Gasteiger partial charge in [0.05, 0.1) is 25.2 Å². The Morgan fingerprint density at radius 1 is 1.43 bits per heavy atom. The third kappa shape index (κ3) is 4.45. The topological polar surface area (TPSA) is 84.9 Å². The van der Waals surface area contributed by atoms with Gasteiger partial charge in [0.2, 0.25) is 5.91 Å². The van der Waals surface area contributed by atoms with E-state index < -0.39 is 12.0 Å². The van der Waals surface area contributed by atoms with E-state index >= 15 is 0 Å². The van der Waals surface area contributed by atoms with Crippen LogP contribution in [-0.2, 0) is 20.7 Å². The summed E-state index contributed by atoms with van der Waals surface area (Å²) in [6, 6.07) is 6.19. The predicted octanol–water partition coefficient (Wildman–Crippen LogP) is 1.62. The lowest BCUT2D eigenvalue weighted by Gasteiger charge is -2.19. The molecule has 126 valence electrons. The number of hydrogen-bond acceptors (Lipinski definition) is 4. The van der Waals surface area contributed by atoms with Crippen molar-refractivity contribution in [3.63, 3.8) is 0 Å². The van der Waals surface area contributed by atoms with Crippen molar-refractivity contribution in [3.05, 3.63) is 29.8 Å². The first-order chi connectivity index (χ1) is 10.9. The molecule has 1 fully saturated rings. The molecule has 4 atom stereocenters. The number of carboxylic acid groups (broad SMARTS) is 1. The van der Waals surface area contributed by atoms with E-state index in [-0.39, 0.29) is 30.5 Å². The average Bonchev–Trinajstić information content (AvgIpc) is 2.85. The zero-order valence-corrected chi connectivity index (χ0v) is 13.6. The van der Waals surface area contributed by atoms with Crippen molar-refractivity contribution in [2.24, 2.45) is 5.92 Å². The van der Waals surface area contributed by atoms with Crippen LogP contribution in [0, 0.1) is 5.92 Å². The summed E-state index contributed by atoms with van der Waals surface area (Å²) in [5.74, 6) is -0.973. The van der Waals surface area contributed by atoms with Gasteiger partial charge in [0.1, 0.15) is 11.8 Å². The average molecular weight is 321 g/mol. The van der Waals surface area contributed by atoms with Crippen molar-refractivity contribution >= 4 is 11.9 Å². The number of carbonyl (C=O) groups is 2. The summed E-state index contributed by atoms with van der Waals surface area (Å²) in [6.45, 7) is 3.75. The first-order valence-electron chi connectivity index (χ1n) is 7.72. The molecule has 1 aliphatic rings. The van der Waals surface area contributed by atoms with Crippen molar-refractivity contribution in [2.75, 3.05) is 7.11 Å². The van der Waals surface area contributed by atoms with E-state index in [2.05, 4.69) is 5.32 Å². The van der Waals surface area contributed by atoms with Crippen LogP contribution in [0.2, 0.25) is 0 Å². The minimum absolute atomic E-state index is 0.0161. The number of amides is 1. The molecule has 2 N–H and O–H groups in total. The van der Waals surface area contributed by atoms with Crippen LogP contribution in [0.25, 0.3) is 0 Å². The SMILES string of the molecule is COc1cccc(CC(NC(=O)C2CC(C)OC2C)C(=O)O)c1. The maximum absolute atomic E-state index is 12.4. The lowest BCUT2D eigenvalue weighted by molar-refractivity contribution is -0.142. The molecule has 0 aliphatic carbocycles. The molecule has 2 rings (SSSR count). The van der Waals surface area contributed by atoms with Gasteiger partial charge in [0.25, 0.3) is 0 Å². The Hall–Kier alpha value is -2.08. The maximum atomic E-state index is 12.4. The number of carboxylic acids is 1. The fraction of sp³-hybridized carbons (Fsp3) is 0.529. The molecule has 1 aliphatic heterocycles. The Morgan fingerprint density at radius 3 is 2.74 bits per heavy atom. The largest absolute Gasteiger partial charge is 0.497 e. The standard InChI is InChI=1S/C17H23NO5/c1-10-7-14(11(2)23-10)16(19)18-15(17(20)21)9-12-5-4-6-13(8-12)22-3/h4-6,8,10-11,14-15H,7,9H2,1-3H3,(H,18,19)(H,20,21). The molecule has 6 nitrogen and oxygen atoms in total.